The number of nitrogens with one attached hydrogen (secondary N) is 1. The monoisotopic (exact) mass is 270 g/mol. The van der Waals surface area contributed by atoms with Crippen LogP contribution in [0.4, 0.5) is 0 Å². The van der Waals surface area contributed by atoms with Crippen molar-refractivity contribution in [2.75, 3.05) is 19.6 Å². The molecule has 4 rings (SSSR count). The lowest BCUT2D eigenvalue weighted by Crippen LogP contribution is -2.46. The standard InChI is InChI=1S/C18H26N2/c1-2-8-17-15(5-1)11-19-12-16(17)13-20-10-4-7-14-6-3-9-18(14)20/h1-2,5,8,14,16,18-19H,3-4,6-7,9-13H2. The first-order chi connectivity index (χ1) is 9.92. The fraction of sp³-hybridized carbons (Fsp3) is 0.667. The first-order valence-corrected chi connectivity index (χ1v) is 8.44. The van der Waals surface area contributed by atoms with Gasteiger partial charge in [-0.1, -0.05) is 30.7 Å². The highest BCUT2D eigenvalue weighted by molar-refractivity contribution is 5.33. The molecule has 2 nitrogen and oxygen atoms in total. The molecule has 2 heteroatoms. The van der Waals surface area contributed by atoms with Crippen LogP contribution in [0.25, 0.3) is 0 Å². The van der Waals surface area contributed by atoms with Crippen molar-refractivity contribution in [1.29, 1.82) is 0 Å². The van der Waals surface area contributed by atoms with Crippen molar-refractivity contribution in [3.63, 3.8) is 0 Å². The Balaban J connectivity index is 1.52. The topological polar surface area (TPSA) is 15.3 Å². The molecule has 1 aromatic rings. The SMILES string of the molecule is c1ccc2c(c1)CNCC2CN1CCCC2CCCC21. The number of hydrogen-bond acceptors (Lipinski definition) is 2. The van der Waals surface area contributed by atoms with E-state index in [9.17, 15) is 0 Å². The highest BCUT2D eigenvalue weighted by Crippen LogP contribution is 2.38. The number of fused-ring (bicyclic) bond motifs is 2. The minimum Gasteiger partial charge on any atom is -0.312 e. The average Bonchev–Trinajstić information content (AvgIpc) is 2.97. The van der Waals surface area contributed by atoms with Gasteiger partial charge in [0.15, 0.2) is 0 Å². The lowest BCUT2D eigenvalue weighted by Gasteiger charge is -2.41. The molecule has 3 unspecified atom stereocenters. The van der Waals surface area contributed by atoms with E-state index in [2.05, 4.69) is 34.5 Å². The van der Waals surface area contributed by atoms with Gasteiger partial charge in [-0.2, -0.15) is 0 Å². The molecular formula is C18H26N2. The van der Waals surface area contributed by atoms with Crippen LogP contribution >= 0.6 is 0 Å². The first kappa shape index (κ1) is 12.8. The van der Waals surface area contributed by atoms with Crippen molar-refractivity contribution in [1.82, 2.24) is 10.2 Å². The Morgan fingerprint density at radius 3 is 3.00 bits per heavy atom. The summed E-state index contributed by atoms with van der Waals surface area (Å²) in [6, 6.07) is 9.94. The summed E-state index contributed by atoms with van der Waals surface area (Å²) in [5.74, 6) is 1.70. The number of benzene rings is 1. The number of hydrogen-bond donors (Lipinski definition) is 1. The van der Waals surface area contributed by atoms with Crippen molar-refractivity contribution in [3.8, 4) is 0 Å². The van der Waals surface area contributed by atoms with Gasteiger partial charge in [0.1, 0.15) is 0 Å². The fourth-order valence-corrected chi connectivity index (χ4v) is 4.81. The molecule has 3 atom stereocenters. The zero-order chi connectivity index (χ0) is 13.4. The van der Waals surface area contributed by atoms with E-state index in [1.165, 1.54) is 50.8 Å². The molecule has 1 aromatic carbocycles. The van der Waals surface area contributed by atoms with E-state index >= 15 is 0 Å². The Labute approximate surface area is 122 Å². The lowest BCUT2D eigenvalue weighted by molar-refractivity contribution is 0.104. The maximum atomic E-state index is 3.61. The van der Waals surface area contributed by atoms with Crippen LogP contribution in [0, 0.1) is 5.92 Å². The molecule has 2 aliphatic heterocycles. The molecule has 0 aromatic heterocycles. The Hall–Kier alpha value is -0.860. The molecule has 2 heterocycles. The van der Waals surface area contributed by atoms with E-state index in [1.807, 2.05) is 0 Å². The van der Waals surface area contributed by atoms with Gasteiger partial charge in [0.05, 0.1) is 0 Å². The zero-order valence-electron chi connectivity index (χ0n) is 12.4. The fourth-order valence-electron chi connectivity index (χ4n) is 4.81. The van der Waals surface area contributed by atoms with E-state index < -0.39 is 0 Å². The van der Waals surface area contributed by atoms with Gasteiger partial charge in [0.25, 0.3) is 0 Å². The van der Waals surface area contributed by atoms with Crippen LogP contribution in [0.15, 0.2) is 24.3 Å². The molecule has 1 saturated heterocycles. The third-order valence-electron chi connectivity index (χ3n) is 5.76. The molecule has 108 valence electrons. The molecule has 1 saturated carbocycles. The summed E-state index contributed by atoms with van der Waals surface area (Å²) in [4.78, 5) is 2.83. The predicted octanol–water partition coefficient (Wildman–Crippen LogP) is 3.14. The summed E-state index contributed by atoms with van der Waals surface area (Å²) in [6.45, 7) is 4.81. The molecule has 3 aliphatic rings. The van der Waals surface area contributed by atoms with Gasteiger partial charge in [0, 0.05) is 31.6 Å². The van der Waals surface area contributed by atoms with Crippen LogP contribution in [0.3, 0.4) is 0 Å². The summed E-state index contributed by atoms with van der Waals surface area (Å²) in [5.41, 5.74) is 3.12. The summed E-state index contributed by atoms with van der Waals surface area (Å²) >= 11 is 0. The summed E-state index contributed by atoms with van der Waals surface area (Å²) < 4.78 is 0. The Morgan fingerprint density at radius 2 is 2.00 bits per heavy atom. The highest BCUT2D eigenvalue weighted by atomic mass is 15.2. The van der Waals surface area contributed by atoms with Crippen LogP contribution < -0.4 is 5.32 Å². The number of rotatable bonds is 2. The van der Waals surface area contributed by atoms with Crippen LogP contribution in [0.5, 0.6) is 0 Å². The third kappa shape index (κ3) is 2.29. The van der Waals surface area contributed by atoms with Gasteiger partial charge in [-0.25, -0.2) is 0 Å². The van der Waals surface area contributed by atoms with E-state index in [-0.39, 0.29) is 0 Å². The van der Waals surface area contributed by atoms with Crippen LogP contribution in [-0.4, -0.2) is 30.6 Å². The number of piperidine rings is 1. The van der Waals surface area contributed by atoms with Crippen molar-refractivity contribution in [2.45, 2.75) is 50.6 Å². The molecule has 1 aliphatic carbocycles. The van der Waals surface area contributed by atoms with Gasteiger partial charge in [-0.15, -0.1) is 0 Å². The first-order valence-electron chi connectivity index (χ1n) is 8.44. The van der Waals surface area contributed by atoms with Gasteiger partial charge >= 0.3 is 0 Å². The van der Waals surface area contributed by atoms with Crippen molar-refractivity contribution in [3.05, 3.63) is 35.4 Å². The van der Waals surface area contributed by atoms with Crippen LogP contribution in [-0.2, 0) is 6.54 Å². The van der Waals surface area contributed by atoms with E-state index in [1.54, 1.807) is 5.56 Å². The molecule has 0 amide bonds. The average molecular weight is 270 g/mol. The third-order valence-corrected chi connectivity index (χ3v) is 5.76. The Bertz CT molecular complexity index is 470. The van der Waals surface area contributed by atoms with E-state index in [0.717, 1.165) is 25.0 Å². The summed E-state index contributed by atoms with van der Waals surface area (Å²) in [6.07, 6.45) is 7.31. The van der Waals surface area contributed by atoms with Crippen LogP contribution in [0.2, 0.25) is 0 Å². The molecule has 20 heavy (non-hydrogen) atoms. The van der Waals surface area contributed by atoms with E-state index in [0.29, 0.717) is 5.92 Å². The van der Waals surface area contributed by atoms with Crippen LogP contribution in [0.1, 0.15) is 49.1 Å². The van der Waals surface area contributed by atoms with Crippen molar-refractivity contribution < 1.29 is 0 Å². The summed E-state index contributed by atoms with van der Waals surface area (Å²) in [5, 5.41) is 3.61. The minimum atomic E-state index is 0.694. The summed E-state index contributed by atoms with van der Waals surface area (Å²) in [7, 11) is 0. The van der Waals surface area contributed by atoms with Gasteiger partial charge in [-0.05, 0) is 49.3 Å². The molecule has 2 fully saturated rings. The minimum absolute atomic E-state index is 0.694. The molecule has 0 radical (unpaired) electrons. The quantitative estimate of drug-likeness (QED) is 0.888. The highest BCUT2D eigenvalue weighted by Gasteiger charge is 2.36. The normalized spacial score (nSPS) is 33.7. The van der Waals surface area contributed by atoms with Gasteiger partial charge in [-0.3, -0.25) is 4.90 Å². The molecule has 0 spiro atoms. The van der Waals surface area contributed by atoms with Crippen molar-refractivity contribution in [2.24, 2.45) is 5.92 Å². The lowest BCUT2D eigenvalue weighted by atomic mass is 9.87. The number of likely N-dealkylation sites (tertiary alicyclic amines) is 1. The maximum absolute atomic E-state index is 3.61. The maximum Gasteiger partial charge on any atom is 0.0208 e. The van der Waals surface area contributed by atoms with E-state index in [4.69, 9.17) is 0 Å². The second-order valence-corrected chi connectivity index (χ2v) is 6.92. The Kier molecular flexibility index (Phi) is 3.53. The predicted molar refractivity (Wildman–Crippen MR) is 82.8 cm³/mol. The second-order valence-electron chi connectivity index (χ2n) is 6.92. The number of nitrogens with zero attached hydrogens (tertiary/aromatic N) is 1. The van der Waals surface area contributed by atoms with Crippen molar-refractivity contribution >= 4 is 0 Å². The smallest absolute Gasteiger partial charge is 0.0208 e. The van der Waals surface area contributed by atoms with Gasteiger partial charge in [0.2, 0.25) is 0 Å². The molecular weight excluding hydrogens is 244 g/mol. The molecule has 0 bridgehead atoms. The second kappa shape index (κ2) is 5.50. The molecule has 1 N–H and O–H groups in total. The Morgan fingerprint density at radius 1 is 1.10 bits per heavy atom. The zero-order valence-corrected chi connectivity index (χ0v) is 12.4. The largest absolute Gasteiger partial charge is 0.312 e. The van der Waals surface area contributed by atoms with Gasteiger partial charge < -0.3 is 5.32 Å².